The number of hydrogen-bond acceptors (Lipinski definition) is 6. The molecule has 2 amide bonds. The zero-order chi connectivity index (χ0) is 23.1. The fourth-order valence-corrected chi connectivity index (χ4v) is 3.16. The van der Waals surface area contributed by atoms with Gasteiger partial charge in [0, 0.05) is 18.6 Å². The van der Waals surface area contributed by atoms with E-state index < -0.39 is 23.7 Å². The lowest BCUT2D eigenvalue weighted by Crippen LogP contribution is -2.37. The van der Waals surface area contributed by atoms with E-state index in [1.165, 1.54) is 6.07 Å². The smallest absolute Gasteiger partial charge is 0.250 e. The van der Waals surface area contributed by atoms with Gasteiger partial charge in [-0.25, -0.2) is 4.39 Å². The fraction of sp³-hybridized carbons (Fsp3) is 0.238. The summed E-state index contributed by atoms with van der Waals surface area (Å²) in [4.78, 5) is 24.0. The third-order valence-corrected chi connectivity index (χ3v) is 4.59. The zero-order valence-corrected chi connectivity index (χ0v) is 17.9. The lowest BCUT2D eigenvalue weighted by Gasteiger charge is -2.20. The van der Waals surface area contributed by atoms with E-state index in [0.717, 1.165) is 11.6 Å². The molecular formula is C21H24FN5O3S. The van der Waals surface area contributed by atoms with Gasteiger partial charge < -0.3 is 32.2 Å². The van der Waals surface area contributed by atoms with Gasteiger partial charge in [-0.2, -0.15) is 0 Å². The van der Waals surface area contributed by atoms with E-state index in [4.69, 9.17) is 33.8 Å². The average molecular weight is 446 g/mol. The Morgan fingerprint density at radius 2 is 1.84 bits per heavy atom. The van der Waals surface area contributed by atoms with Gasteiger partial charge in [-0.3, -0.25) is 9.59 Å². The number of primary amides is 2. The van der Waals surface area contributed by atoms with Crippen LogP contribution < -0.4 is 26.8 Å². The first-order valence-corrected chi connectivity index (χ1v) is 9.67. The van der Waals surface area contributed by atoms with Crippen LogP contribution in [0.1, 0.15) is 29.3 Å². The Kier molecular flexibility index (Phi) is 8.03. The molecule has 0 aliphatic rings. The van der Waals surface area contributed by atoms with E-state index in [0.29, 0.717) is 11.5 Å². The van der Waals surface area contributed by atoms with Crippen molar-refractivity contribution in [2.75, 3.05) is 17.7 Å². The number of ether oxygens (including phenoxy) is 1. The molecule has 0 radical (unpaired) electrons. The highest BCUT2D eigenvalue weighted by Crippen LogP contribution is 2.26. The van der Waals surface area contributed by atoms with Crippen LogP contribution in [0.15, 0.2) is 36.4 Å². The number of nitrogens with two attached hydrogens (primary N) is 2. The summed E-state index contributed by atoms with van der Waals surface area (Å²) in [6.07, 6.45) is 0.361. The molecule has 0 aliphatic heterocycles. The van der Waals surface area contributed by atoms with Gasteiger partial charge in [0.25, 0.3) is 5.91 Å². The molecular weight excluding hydrogens is 421 g/mol. The predicted molar refractivity (Wildman–Crippen MR) is 122 cm³/mol. The molecule has 164 valence electrons. The molecule has 7 N–H and O–H groups in total. The number of rotatable bonds is 10. The highest BCUT2D eigenvalue weighted by molar-refractivity contribution is 7.80. The molecule has 31 heavy (non-hydrogen) atoms. The highest BCUT2D eigenvalue weighted by Gasteiger charge is 2.21. The number of amides is 2. The van der Waals surface area contributed by atoms with Crippen LogP contribution in [-0.2, 0) is 11.2 Å². The van der Waals surface area contributed by atoms with Crippen molar-refractivity contribution in [3.63, 3.8) is 0 Å². The third kappa shape index (κ3) is 6.75. The normalized spacial score (nSPS) is 11.3. The zero-order valence-electron chi connectivity index (χ0n) is 17.1. The molecule has 2 aromatic rings. The van der Waals surface area contributed by atoms with E-state index in [2.05, 4.69) is 10.6 Å². The van der Waals surface area contributed by atoms with Gasteiger partial charge in [0.2, 0.25) is 5.91 Å². The molecule has 0 aliphatic carbocycles. The number of hydrogen-bond donors (Lipinski definition) is 5. The molecule has 2 rings (SSSR count). The number of halogens is 1. The maximum absolute atomic E-state index is 14.7. The maximum atomic E-state index is 14.7. The van der Waals surface area contributed by atoms with Crippen LogP contribution >= 0.6 is 12.2 Å². The molecule has 0 bridgehead atoms. The first kappa shape index (κ1) is 23.7. The lowest BCUT2D eigenvalue weighted by molar-refractivity contribution is -0.118. The first-order chi connectivity index (χ1) is 14.6. The number of carbonyl (C=O) groups is 2. The van der Waals surface area contributed by atoms with Crippen molar-refractivity contribution >= 4 is 46.1 Å². The standard InChI is InChI=1S/C21H24FN5O3S/c1-11(23)7-19(31)27-16-10-17(15(22)9-14(16)20(24)28)26-18(21(25)29)8-12-3-5-13(30-2)6-4-12/h3-6,9-10,18,23,26H,7-8H2,1-2H3,(H2,24,28)(H2,25,29)(H,27,31). The molecule has 0 spiro atoms. The minimum atomic E-state index is -0.925. The molecule has 8 nitrogen and oxygen atoms in total. The van der Waals surface area contributed by atoms with Crippen LogP contribution in [0.2, 0.25) is 0 Å². The molecule has 10 heteroatoms. The van der Waals surface area contributed by atoms with Crippen molar-refractivity contribution < 1.29 is 18.7 Å². The Balaban J connectivity index is 2.32. The molecule has 0 saturated heterocycles. The van der Waals surface area contributed by atoms with Crippen LogP contribution in [0, 0.1) is 11.2 Å². The molecule has 0 aromatic heterocycles. The van der Waals surface area contributed by atoms with E-state index in [9.17, 15) is 14.0 Å². The van der Waals surface area contributed by atoms with Crippen LogP contribution in [0.25, 0.3) is 0 Å². The Labute approximate surface area is 184 Å². The number of benzene rings is 2. The number of anilines is 2. The number of methoxy groups -OCH3 is 1. The van der Waals surface area contributed by atoms with Crippen LogP contribution in [0.4, 0.5) is 15.8 Å². The largest absolute Gasteiger partial charge is 0.497 e. The van der Waals surface area contributed by atoms with Crippen molar-refractivity contribution in [1.82, 2.24) is 0 Å². The van der Waals surface area contributed by atoms with Crippen LogP contribution in [-0.4, -0.2) is 35.7 Å². The van der Waals surface area contributed by atoms with Crippen molar-refractivity contribution in [1.29, 1.82) is 5.41 Å². The second-order valence-corrected chi connectivity index (χ2v) is 7.39. The first-order valence-electron chi connectivity index (χ1n) is 9.26. The van der Waals surface area contributed by atoms with Crippen molar-refractivity contribution in [3.8, 4) is 5.75 Å². The van der Waals surface area contributed by atoms with Crippen molar-refractivity contribution in [3.05, 3.63) is 53.3 Å². The minimum absolute atomic E-state index is 0.0563. The summed E-state index contributed by atoms with van der Waals surface area (Å²) in [5.74, 6) is -1.66. The summed E-state index contributed by atoms with van der Waals surface area (Å²) >= 11 is 5.17. The quantitative estimate of drug-likeness (QED) is 0.281. The Bertz CT molecular complexity index is 1010. The van der Waals surface area contributed by atoms with E-state index in [1.54, 1.807) is 38.3 Å². The summed E-state index contributed by atoms with van der Waals surface area (Å²) in [6, 6.07) is 8.35. The van der Waals surface area contributed by atoms with Gasteiger partial charge in [0.1, 0.15) is 17.6 Å². The second kappa shape index (κ2) is 10.5. The van der Waals surface area contributed by atoms with Gasteiger partial charge in [-0.1, -0.05) is 24.4 Å². The average Bonchev–Trinajstić information content (AvgIpc) is 2.69. The predicted octanol–water partition coefficient (Wildman–Crippen LogP) is 2.61. The highest BCUT2D eigenvalue weighted by atomic mass is 32.1. The third-order valence-electron chi connectivity index (χ3n) is 4.34. The maximum Gasteiger partial charge on any atom is 0.250 e. The molecule has 1 atom stereocenters. The fourth-order valence-electron chi connectivity index (χ4n) is 2.83. The Morgan fingerprint density at radius 3 is 2.35 bits per heavy atom. The van der Waals surface area contributed by atoms with E-state index in [1.807, 2.05) is 0 Å². The number of thiocarbonyl (C=S) groups is 1. The summed E-state index contributed by atoms with van der Waals surface area (Å²) in [6.45, 7) is 1.58. The van der Waals surface area contributed by atoms with Gasteiger partial charge in [-0.15, -0.1) is 0 Å². The molecule has 0 fully saturated rings. The molecule has 0 saturated carbocycles. The lowest BCUT2D eigenvalue weighted by atomic mass is 10.0. The Morgan fingerprint density at radius 1 is 1.19 bits per heavy atom. The van der Waals surface area contributed by atoms with Gasteiger partial charge in [0.05, 0.1) is 29.0 Å². The number of carbonyl (C=O) groups excluding carboxylic acids is 2. The van der Waals surface area contributed by atoms with Crippen LogP contribution in [0.3, 0.4) is 0 Å². The van der Waals surface area contributed by atoms with Gasteiger partial charge in [0.15, 0.2) is 0 Å². The van der Waals surface area contributed by atoms with E-state index in [-0.39, 0.29) is 34.8 Å². The summed E-state index contributed by atoms with van der Waals surface area (Å²) in [5, 5.41) is 13.1. The monoisotopic (exact) mass is 445 g/mol. The van der Waals surface area contributed by atoms with Gasteiger partial charge in [-0.05, 0) is 36.8 Å². The van der Waals surface area contributed by atoms with Gasteiger partial charge >= 0.3 is 0 Å². The number of nitrogens with one attached hydrogen (secondary N) is 3. The SMILES string of the molecule is COc1ccc(CC(Nc2cc(NC(=S)CC(C)=N)c(C(N)=O)cc2F)C(N)=O)cc1. The molecule has 0 heterocycles. The van der Waals surface area contributed by atoms with Crippen molar-refractivity contribution in [2.24, 2.45) is 11.5 Å². The van der Waals surface area contributed by atoms with E-state index >= 15 is 0 Å². The van der Waals surface area contributed by atoms with Crippen molar-refractivity contribution in [2.45, 2.75) is 25.8 Å². The molecule has 1 unspecified atom stereocenters. The molecule has 2 aromatic carbocycles. The Hall–Kier alpha value is -3.53. The minimum Gasteiger partial charge on any atom is -0.497 e. The topological polar surface area (TPSA) is 143 Å². The second-order valence-electron chi connectivity index (χ2n) is 6.90. The summed E-state index contributed by atoms with van der Waals surface area (Å²) in [5.41, 5.74) is 11.9. The summed E-state index contributed by atoms with van der Waals surface area (Å²) < 4.78 is 19.8. The van der Waals surface area contributed by atoms with Crippen LogP contribution in [0.5, 0.6) is 5.75 Å². The summed E-state index contributed by atoms with van der Waals surface area (Å²) in [7, 11) is 1.54.